The maximum absolute atomic E-state index is 9.80. The van der Waals surface area contributed by atoms with Crippen LogP contribution in [0.1, 0.15) is 28.1 Å². The molecule has 0 fully saturated rings. The predicted molar refractivity (Wildman–Crippen MR) is 95.4 cm³/mol. The molecular formula is C20H20N2O3. The molecule has 0 saturated carbocycles. The Kier molecular flexibility index (Phi) is 3.63. The molecule has 1 aliphatic heterocycles. The second-order valence-electron chi connectivity index (χ2n) is 6.20. The van der Waals surface area contributed by atoms with Gasteiger partial charge in [-0.15, -0.1) is 0 Å². The molecule has 1 unspecified atom stereocenters. The summed E-state index contributed by atoms with van der Waals surface area (Å²) >= 11 is 0. The van der Waals surface area contributed by atoms with E-state index >= 15 is 0 Å². The summed E-state index contributed by atoms with van der Waals surface area (Å²) in [5, 5.41) is 9.80. The lowest BCUT2D eigenvalue weighted by Gasteiger charge is -2.34. The monoisotopic (exact) mass is 336 g/mol. The van der Waals surface area contributed by atoms with Crippen molar-refractivity contribution in [3.05, 3.63) is 70.7 Å². The molecule has 0 amide bonds. The van der Waals surface area contributed by atoms with E-state index in [1.165, 1.54) is 0 Å². The molecule has 4 rings (SSSR count). The second-order valence-corrected chi connectivity index (χ2v) is 6.20. The summed E-state index contributed by atoms with van der Waals surface area (Å²) in [6, 6.07) is 9.79. The average molecular weight is 336 g/mol. The van der Waals surface area contributed by atoms with Gasteiger partial charge in [0.25, 0.3) is 5.79 Å². The minimum atomic E-state index is -1.02. The van der Waals surface area contributed by atoms with Crippen LogP contribution in [0.25, 0.3) is 11.7 Å². The van der Waals surface area contributed by atoms with Crippen molar-refractivity contribution < 1.29 is 14.6 Å². The fraction of sp³-hybridized carbons (Fsp3) is 0.250. The molecule has 0 saturated heterocycles. The molecule has 5 heteroatoms. The maximum Gasteiger partial charge on any atom is 0.257 e. The second kappa shape index (κ2) is 5.72. The Labute approximate surface area is 146 Å². The number of aromatic nitrogens is 2. The van der Waals surface area contributed by atoms with Crippen molar-refractivity contribution in [2.45, 2.75) is 26.2 Å². The molecule has 1 N–H and O–H groups in total. The highest BCUT2D eigenvalue weighted by molar-refractivity contribution is 5.74. The first-order valence-corrected chi connectivity index (χ1v) is 8.20. The van der Waals surface area contributed by atoms with Gasteiger partial charge in [0.15, 0.2) is 11.4 Å². The van der Waals surface area contributed by atoms with Crippen LogP contribution in [0.3, 0.4) is 0 Å². The third kappa shape index (κ3) is 2.27. The minimum absolute atomic E-state index is 0.0754. The van der Waals surface area contributed by atoms with Gasteiger partial charge in [-0.1, -0.05) is 30.3 Å². The molecule has 1 aliphatic rings. The Hall–Kier alpha value is -2.63. The standard InChI is InChI=1S/C20H20N2O3/c1-13-14(2)22-11-15(12-23)17-9-10-20(24-3,16-7-5-4-6-8-16)25-18(17)19(22)21-13/h4-11,23H,12H2,1-3H3. The molecule has 128 valence electrons. The zero-order valence-electron chi connectivity index (χ0n) is 14.5. The molecule has 25 heavy (non-hydrogen) atoms. The lowest BCUT2D eigenvalue weighted by atomic mass is 9.99. The molecule has 5 nitrogen and oxygen atoms in total. The molecule has 0 aliphatic carbocycles. The molecule has 1 atom stereocenters. The molecule has 1 aromatic carbocycles. The number of hydrogen-bond acceptors (Lipinski definition) is 4. The summed E-state index contributed by atoms with van der Waals surface area (Å²) in [7, 11) is 1.62. The molecule has 0 bridgehead atoms. The van der Waals surface area contributed by atoms with Gasteiger partial charge in [-0.25, -0.2) is 4.98 Å². The molecule has 0 radical (unpaired) electrons. The van der Waals surface area contributed by atoms with Crippen LogP contribution < -0.4 is 4.74 Å². The van der Waals surface area contributed by atoms with Gasteiger partial charge >= 0.3 is 0 Å². The van der Waals surface area contributed by atoms with Gasteiger partial charge in [0.2, 0.25) is 0 Å². The van der Waals surface area contributed by atoms with Crippen molar-refractivity contribution in [1.29, 1.82) is 0 Å². The number of ether oxygens (including phenoxy) is 2. The van der Waals surface area contributed by atoms with Gasteiger partial charge in [0, 0.05) is 35.7 Å². The van der Waals surface area contributed by atoms with E-state index in [1.54, 1.807) is 7.11 Å². The topological polar surface area (TPSA) is 56.0 Å². The summed E-state index contributed by atoms with van der Waals surface area (Å²) < 4.78 is 14.1. The maximum atomic E-state index is 9.80. The summed E-state index contributed by atoms with van der Waals surface area (Å²) in [6.45, 7) is 3.89. The van der Waals surface area contributed by atoms with E-state index in [4.69, 9.17) is 9.47 Å². The lowest BCUT2D eigenvalue weighted by molar-refractivity contribution is -0.132. The van der Waals surface area contributed by atoms with Crippen molar-refractivity contribution in [2.75, 3.05) is 7.11 Å². The normalized spacial score (nSPS) is 19.0. The Morgan fingerprint density at radius 2 is 2.00 bits per heavy atom. The number of benzene rings is 1. The van der Waals surface area contributed by atoms with Crippen LogP contribution in [0.15, 0.2) is 42.6 Å². The first kappa shape index (κ1) is 15.9. The molecular weight excluding hydrogens is 316 g/mol. The van der Waals surface area contributed by atoms with Crippen LogP contribution in [-0.4, -0.2) is 21.6 Å². The SMILES string of the molecule is COC1(c2ccccc2)C=Cc2c(CO)cn3c(C)c(C)nc3c2O1. The van der Waals surface area contributed by atoms with Crippen LogP contribution in [-0.2, 0) is 17.1 Å². The summed E-state index contributed by atoms with van der Waals surface area (Å²) in [6.07, 6.45) is 5.74. The fourth-order valence-corrected chi connectivity index (χ4v) is 3.28. The number of nitrogens with zero attached hydrogens (tertiary/aromatic N) is 2. The number of pyridine rings is 1. The van der Waals surface area contributed by atoms with Gasteiger partial charge in [0.1, 0.15) is 0 Å². The third-order valence-corrected chi connectivity index (χ3v) is 4.84. The van der Waals surface area contributed by atoms with Crippen molar-refractivity contribution in [2.24, 2.45) is 0 Å². The average Bonchev–Trinajstić information content (AvgIpc) is 2.96. The molecule has 3 heterocycles. The van der Waals surface area contributed by atoms with E-state index in [0.717, 1.165) is 33.7 Å². The number of fused-ring (bicyclic) bond motifs is 3. The van der Waals surface area contributed by atoms with Crippen LogP contribution in [0, 0.1) is 13.8 Å². The van der Waals surface area contributed by atoms with E-state index in [9.17, 15) is 5.11 Å². The molecule has 2 aromatic heterocycles. The highest BCUT2D eigenvalue weighted by atomic mass is 16.7. The van der Waals surface area contributed by atoms with E-state index in [2.05, 4.69) is 4.98 Å². The van der Waals surface area contributed by atoms with Gasteiger partial charge < -0.3 is 19.0 Å². The number of aliphatic hydroxyl groups excluding tert-OH is 1. The Morgan fingerprint density at radius 3 is 2.68 bits per heavy atom. The largest absolute Gasteiger partial charge is 0.450 e. The predicted octanol–water partition coefficient (Wildman–Crippen LogP) is 3.35. The molecule has 0 spiro atoms. The smallest absolute Gasteiger partial charge is 0.257 e. The highest BCUT2D eigenvalue weighted by Gasteiger charge is 2.37. The summed E-state index contributed by atoms with van der Waals surface area (Å²) in [5.41, 5.74) is 5.20. The van der Waals surface area contributed by atoms with Crippen LogP contribution in [0.5, 0.6) is 5.75 Å². The van der Waals surface area contributed by atoms with E-state index in [1.807, 2.05) is 66.9 Å². The first-order valence-electron chi connectivity index (χ1n) is 8.20. The van der Waals surface area contributed by atoms with Gasteiger partial charge in [-0.05, 0) is 26.0 Å². The van der Waals surface area contributed by atoms with Crippen molar-refractivity contribution in [3.8, 4) is 5.75 Å². The number of aliphatic hydroxyl groups is 1. The quantitative estimate of drug-likeness (QED) is 0.797. The summed E-state index contributed by atoms with van der Waals surface area (Å²) in [4.78, 5) is 4.66. The zero-order valence-corrected chi connectivity index (χ0v) is 14.5. The molecule has 3 aromatic rings. The van der Waals surface area contributed by atoms with Gasteiger partial charge in [-0.3, -0.25) is 0 Å². The number of aryl methyl sites for hydroxylation is 2. The number of hydrogen-bond donors (Lipinski definition) is 1. The number of rotatable bonds is 3. The van der Waals surface area contributed by atoms with Crippen molar-refractivity contribution >= 4 is 11.7 Å². The Morgan fingerprint density at radius 1 is 1.24 bits per heavy atom. The van der Waals surface area contributed by atoms with Crippen molar-refractivity contribution in [3.63, 3.8) is 0 Å². The Balaban J connectivity index is 1.98. The number of methoxy groups -OCH3 is 1. The van der Waals surface area contributed by atoms with Crippen LogP contribution in [0.4, 0.5) is 0 Å². The van der Waals surface area contributed by atoms with Crippen LogP contribution in [0.2, 0.25) is 0 Å². The Bertz CT molecular complexity index is 976. The lowest BCUT2D eigenvalue weighted by Crippen LogP contribution is -2.35. The third-order valence-electron chi connectivity index (χ3n) is 4.84. The zero-order chi connectivity index (χ0) is 17.6. The van der Waals surface area contributed by atoms with Gasteiger partial charge in [-0.2, -0.15) is 0 Å². The summed E-state index contributed by atoms with van der Waals surface area (Å²) in [5.74, 6) is -0.396. The van der Waals surface area contributed by atoms with Crippen LogP contribution >= 0.6 is 0 Å². The van der Waals surface area contributed by atoms with Gasteiger partial charge in [0.05, 0.1) is 12.3 Å². The van der Waals surface area contributed by atoms with Crippen molar-refractivity contribution in [1.82, 2.24) is 9.38 Å². The fourth-order valence-electron chi connectivity index (χ4n) is 3.28. The van der Waals surface area contributed by atoms with E-state index in [0.29, 0.717) is 5.75 Å². The van der Waals surface area contributed by atoms with E-state index in [-0.39, 0.29) is 6.61 Å². The van der Waals surface area contributed by atoms with E-state index < -0.39 is 5.79 Å². The first-order chi connectivity index (χ1) is 12.1. The highest BCUT2D eigenvalue weighted by Crippen LogP contribution is 2.41. The minimum Gasteiger partial charge on any atom is -0.450 e. The number of imidazole rings is 1.